The summed E-state index contributed by atoms with van der Waals surface area (Å²) in [6, 6.07) is 8.55. The number of nitrogens with zero attached hydrogens (tertiary/aromatic N) is 1. The van der Waals surface area contributed by atoms with Crippen molar-refractivity contribution in [2.45, 2.75) is 13.3 Å². The van der Waals surface area contributed by atoms with Crippen LogP contribution < -0.4 is 5.73 Å². The largest absolute Gasteiger partial charge is 0.466 e. The second-order valence-corrected chi connectivity index (χ2v) is 4.36. The lowest BCUT2D eigenvalue weighted by Crippen LogP contribution is -2.06. The van der Waals surface area contributed by atoms with E-state index in [4.69, 9.17) is 10.5 Å². The third kappa shape index (κ3) is 2.69. The van der Waals surface area contributed by atoms with Gasteiger partial charge in [0.15, 0.2) is 0 Å². The number of nitro groups is 1. The first kappa shape index (κ1) is 13.8. The number of carbonyl (C=O) groups excluding carboxylic acids is 1. The fourth-order valence-electron chi connectivity index (χ4n) is 2.17. The van der Waals surface area contributed by atoms with Gasteiger partial charge in [-0.2, -0.15) is 0 Å². The molecule has 6 heteroatoms. The zero-order valence-electron chi connectivity index (χ0n) is 11.0. The Balaban J connectivity index is 2.53. The average Bonchev–Trinajstić information content (AvgIpc) is 2.40. The predicted molar refractivity (Wildman–Crippen MR) is 75.4 cm³/mol. The van der Waals surface area contributed by atoms with E-state index in [0.717, 1.165) is 5.39 Å². The standard InChI is InChI=1S/C14H14N2O4/c1-9(17)20-7-6-12-10-4-2-3-5-11(10)13(15)8-14(12)16(18)19/h2-5,8H,6-7,15H2,1H3. The van der Waals surface area contributed by atoms with Gasteiger partial charge >= 0.3 is 5.97 Å². The fraction of sp³-hybridized carbons (Fsp3) is 0.214. The van der Waals surface area contributed by atoms with E-state index in [1.807, 2.05) is 12.1 Å². The Hall–Kier alpha value is -2.63. The molecule has 0 aliphatic rings. The molecule has 0 fully saturated rings. The lowest BCUT2D eigenvalue weighted by molar-refractivity contribution is -0.385. The molecule has 2 rings (SSSR count). The number of esters is 1. The molecule has 0 bridgehead atoms. The van der Waals surface area contributed by atoms with Crippen LogP contribution in [0.25, 0.3) is 10.8 Å². The molecule has 6 nitrogen and oxygen atoms in total. The first-order chi connectivity index (χ1) is 9.50. The highest BCUT2D eigenvalue weighted by molar-refractivity contribution is 5.97. The van der Waals surface area contributed by atoms with Gasteiger partial charge in [0.05, 0.1) is 11.5 Å². The van der Waals surface area contributed by atoms with Gasteiger partial charge in [0.25, 0.3) is 5.69 Å². The number of nitrogen functional groups attached to an aromatic ring is 1. The summed E-state index contributed by atoms with van der Waals surface area (Å²) in [5.41, 5.74) is 6.70. The van der Waals surface area contributed by atoms with Gasteiger partial charge in [-0.3, -0.25) is 14.9 Å². The SMILES string of the molecule is CC(=O)OCCc1c([N+](=O)[O-])cc(N)c2ccccc12. The Bertz CT molecular complexity index is 682. The van der Waals surface area contributed by atoms with Gasteiger partial charge in [-0.1, -0.05) is 24.3 Å². The topological polar surface area (TPSA) is 95.5 Å². The quantitative estimate of drug-likeness (QED) is 0.400. The van der Waals surface area contributed by atoms with Crippen LogP contribution in [0.1, 0.15) is 12.5 Å². The van der Waals surface area contributed by atoms with Gasteiger partial charge in [0.2, 0.25) is 0 Å². The highest BCUT2D eigenvalue weighted by Crippen LogP contribution is 2.33. The van der Waals surface area contributed by atoms with E-state index < -0.39 is 10.9 Å². The third-order valence-corrected chi connectivity index (χ3v) is 3.02. The summed E-state index contributed by atoms with van der Waals surface area (Å²) in [6.45, 7) is 1.40. The average molecular weight is 274 g/mol. The van der Waals surface area contributed by atoms with Gasteiger partial charge in [0.1, 0.15) is 0 Å². The minimum atomic E-state index is -0.466. The Morgan fingerprint density at radius 2 is 2.00 bits per heavy atom. The number of hydrogen-bond acceptors (Lipinski definition) is 5. The number of carbonyl (C=O) groups is 1. The molecule has 0 saturated heterocycles. The second kappa shape index (κ2) is 5.56. The first-order valence-corrected chi connectivity index (χ1v) is 6.08. The number of rotatable bonds is 4. The van der Waals surface area contributed by atoms with Crippen LogP contribution in [0.3, 0.4) is 0 Å². The van der Waals surface area contributed by atoms with Crippen LogP contribution in [-0.4, -0.2) is 17.5 Å². The Labute approximate surface area is 115 Å². The lowest BCUT2D eigenvalue weighted by Gasteiger charge is -2.10. The number of ether oxygens (including phenoxy) is 1. The van der Waals surface area contributed by atoms with E-state index in [1.54, 1.807) is 12.1 Å². The van der Waals surface area contributed by atoms with Gasteiger partial charge < -0.3 is 10.5 Å². The summed E-state index contributed by atoms with van der Waals surface area (Å²) in [6.07, 6.45) is 0.274. The number of anilines is 1. The fourth-order valence-corrected chi connectivity index (χ4v) is 2.17. The molecule has 2 aromatic rings. The highest BCUT2D eigenvalue weighted by atomic mass is 16.6. The molecule has 0 atom stereocenters. The van der Waals surface area contributed by atoms with Crippen molar-refractivity contribution in [3.05, 3.63) is 46.0 Å². The summed E-state index contributed by atoms with van der Waals surface area (Å²) in [5, 5.41) is 12.6. The van der Waals surface area contributed by atoms with E-state index in [2.05, 4.69) is 0 Å². The van der Waals surface area contributed by atoms with Crippen molar-refractivity contribution in [2.24, 2.45) is 0 Å². The molecule has 0 aliphatic carbocycles. The zero-order valence-corrected chi connectivity index (χ0v) is 11.0. The van der Waals surface area contributed by atoms with Crippen LogP contribution in [0.4, 0.5) is 11.4 Å². The van der Waals surface area contributed by atoms with Crippen LogP contribution in [0.15, 0.2) is 30.3 Å². The van der Waals surface area contributed by atoms with Crippen molar-refractivity contribution in [3.63, 3.8) is 0 Å². The summed E-state index contributed by atoms with van der Waals surface area (Å²) in [7, 11) is 0. The Morgan fingerprint density at radius 3 is 2.60 bits per heavy atom. The normalized spacial score (nSPS) is 10.4. The van der Waals surface area contributed by atoms with Crippen molar-refractivity contribution in [3.8, 4) is 0 Å². The first-order valence-electron chi connectivity index (χ1n) is 6.08. The predicted octanol–water partition coefficient (Wildman–Crippen LogP) is 2.44. The van der Waals surface area contributed by atoms with Crippen LogP contribution >= 0.6 is 0 Å². The van der Waals surface area contributed by atoms with Crippen molar-refractivity contribution >= 4 is 28.1 Å². The Morgan fingerprint density at radius 1 is 1.35 bits per heavy atom. The molecule has 0 aliphatic heterocycles. The monoisotopic (exact) mass is 274 g/mol. The summed E-state index contributed by atoms with van der Waals surface area (Å²) in [4.78, 5) is 21.5. The Kier molecular flexibility index (Phi) is 3.84. The maximum Gasteiger partial charge on any atom is 0.302 e. The van der Waals surface area contributed by atoms with E-state index in [0.29, 0.717) is 16.6 Å². The van der Waals surface area contributed by atoms with E-state index in [1.165, 1.54) is 13.0 Å². The molecular weight excluding hydrogens is 260 g/mol. The molecule has 2 aromatic carbocycles. The molecule has 0 saturated carbocycles. The van der Waals surface area contributed by atoms with Crippen LogP contribution in [-0.2, 0) is 16.0 Å². The van der Waals surface area contributed by atoms with Gasteiger partial charge in [0, 0.05) is 36.0 Å². The van der Waals surface area contributed by atoms with Crippen LogP contribution in [0, 0.1) is 10.1 Å². The maximum absolute atomic E-state index is 11.2. The second-order valence-electron chi connectivity index (χ2n) is 4.36. The molecule has 0 aromatic heterocycles. The van der Waals surface area contributed by atoms with Gasteiger partial charge in [-0.25, -0.2) is 0 Å². The molecule has 0 heterocycles. The molecule has 2 N–H and O–H groups in total. The number of fused-ring (bicyclic) bond motifs is 1. The minimum absolute atomic E-state index is 0.0478. The molecule has 0 unspecified atom stereocenters. The van der Waals surface area contributed by atoms with Crippen LogP contribution in [0.2, 0.25) is 0 Å². The van der Waals surface area contributed by atoms with Crippen molar-refractivity contribution < 1.29 is 14.5 Å². The van der Waals surface area contributed by atoms with Crippen molar-refractivity contribution in [1.82, 2.24) is 0 Å². The molecular formula is C14H14N2O4. The molecule has 20 heavy (non-hydrogen) atoms. The number of benzene rings is 2. The van der Waals surface area contributed by atoms with Gasteiger partial charge in [-0.05, 0) is 5.39 Å². The van der Waals surface area contributed by atoms with Crippen LogP contribution in [0.5, 0.6) is 0 Å². The minimum Gasteiger partial charge on any atom is -0.466 e. The number of nitro benzene ring substituents is 1. The van der Waals surface area contributed by atoms with E-state index in [9.17, 15) is 14.9 Å². The van der Waals surface area contributed by atoms with Gasteiger partial charge in [-0.15, -0.1) is 0 Å². The smallest absolute Gasteiger partial charge is 0.302 e. The third-order valence-electron chi connectivity index (χ3n) is 3.02. The summed E-state index contributed by atoms with van der Waals surface area (Å²) < 4.78 is 4.87. The zero-order chi connectivity index (χ0) is 14.7. The lowest BCUT2D eigenvalue weighted by atomic mass is 9.99. The van der Waals surface area contributed by atoms with Crippen molar-refractivity contribution in [2.75, 3.05) is 12.3 Å². The van der Waals surface area contributed by atoms with E-state index >= 15 is 0 Å². The molecule has 0 radical (unpaired) electrons. The van der Waals surface area contributed by atoms with Crippen molar-refractivity contribution in [1.29, 1.82) is 0 Å². The molecule has 104 valence electrons. The summed E-state index contributed by atoms with van der Waals surface area (Å²) >= 11 is 0. The highest BCUT2D eigenvalue weighted by Gasteiger charge is 2.19. The number of nitrogens with two attached hydrogens (primary N) is 1. The summed E-state index contributed by atoms with van der Waals surface area (Å²) in [5.74, 6) is -0.410. The van der Waals surface area contributed by atoms with E-state index in [-0.39, 0.29) is 18.7 Å². The molecule has 0 amide bonds. The number of hydrogen-bond donors (Lipinski definition) is 1. The maximum atomic E-state index is 11.2. The molecule has 0 spiro atoms.